The second-order valence-electron chi connectivity index (χ2n) is 14.0. The van der Waals surface area contributed by atoms with Gasteiger partial charge < -0.3 is 18.9 Å². The van der Waals surface area contributed by atoms with Crippen LogP contribution in [0.15, 0.2) is 24.3 Å². The average molecular weight is 695 g/mol. The van der Waals surface area contributed by atoms with Crippen molar-refractivity contribution in [1.29, 1.82) is 0 Å². The van der Waals surface area contributed by atoms with Crippen LogP contribution in [0.1, 0.15) is 194 Å². The molecule has 0 saturated carbocycles. The van der Waals surface area contributed by atoms with Gasteiger partial charge in [0, 0.05) is 38.9 Å². The molecule has 0 unspecified atom stereocenters. The highest BCUT2D eigenvalue weighted by molar-refractivity contribution is 5.31. The van der Waals surface area contributed by atoms with Gasteiger partial charge in [-0.3, -0.25) is 0 Å². The van der Waals surface area contributed by atoms with Crippen molar-refractivity contribution in [2.75, 3.05) is 33.5 Å². The summed E-state index contributed by atoms with van der Waals surface area (Å²) in [5.74, 6) is 15.2. The van der Waals surface area contributed by atoms with E-state index in [0.717, 1.165) is 63.2 Å². The molecule has 0 amide bonds. The van der Waals surface area contributed by atoms with E-state index in [1.165, 1.54) is 141 Å². The maximum Gasteiger partial charge on any atom is 0.119 e. The molecular formula is C46H78O4. The molecule has 0 radical (unpaired) electrons. The van der Waals surface area contributed by atoms with Crippen molar-refractivity contribution in [2.45, 2.75) is 200 Å². The van der Waals surface area contributed by atoms with Crippen molar-refractivity contribution in [3.63, 3.8) is 0 Å². The minimum atomic E-state index is -0.0609. The van der Waals surface area contributed by atoms with E-state index in [0.29, 0.717) is 13.2 Å². The molecule has 4 nitrogen and oxygen atoms in total. The van der Waals surface area contributed by atoms with Crippen LogP contribution in [0.3, 0.4) is 0 Å². The summed E-state index contributed by atoms with van der Waals surface area (Å²) in [7, 11) is 1.68. The van der Waals surface area contributed by atoms with Gasteiger partial charge in [0.25, 0.3) is 0 Å². The van der Waals surface area contributed by atoms with Crippen molar-refractivity contribution < 1.29 is 18.9 Å². The third-order valence-electron chi connectivity index (χ3n) is 9.25. The number of ether oxygens (including phenoxy) is 4. The molecule has 0 heterocycles. The number of rotatable bonds is 35. The van der Waals surface area contributed by atoms with Crippen molar-refractivity contribution in [3.05, 3.63) is 24.3 Å². The Kier molecular flexibility index (Phi) is 35.0. The van der Waals surface area contributed by atoms with E-state index in [1.54, 1.807) is 7.11 Å². The highest BCUT2D eigenvalue weighted by Gasteiger charge is 2.11. The Morgan fingerprint density at radius 2 is 0.820 bits per heavy atom. The Bertz CT molecular complexity index is 950. The quantitative estimate of drug-likeness (QED) is 0.0523. The molecule has 0 aliphatic rings. The first-order chi connectivity index (χ1) is 24.8. The number of methoxy groups -OCH3 is 1. The molecule has 0 bridgehead atoms. The van der Waals surface area contributed by atoms with E-state index >= 15 is 0 Å². The molecule has 0 aliphatic carbocycles. The summed E-state index contributed by atoms with van der Waals surface area (Å²) in [6.45, 7) is 7.16. The Morgan fingerprint density at radius 3 is 1.26 bits per heavy atom. The molecule has 0 saturated heterocycles. The van der Waals surface area contributed by atoms with E-state index in [1.807, 2.05) is 24.3 Å². The number of benzene rings is 1. The third kappa shape index (κ3) is 31.8. The summed E-state index contributed by atoms with van der Waals surface area (Å²) in [6, 6.07) is 7.74. The van der Waals surface area contributed by atoms with Gasteiger partial charge in [0.05, 0.1) is 13.7 Å². The van der Waals surface area contributed by atoms with Crippen molar-refractivity contribution >= 4 is 0 Å². The molecule has 1 rings (SSSR count). The smallest absolute Gasteiger partial charge is 0.119 e. The van der Waals surface area contributed by atoms with Crippen LogP contribution in [0.2, 0.25) is 0 Å². The van der Waals surface area contributed by atoms with Gasteiger partial charge in [0.15, 0.2) is 0 Å². The van der Waals surface area contributed by atoms with Gasteiger partial charge in [-0.2, -0.15) is 0 Å². The molecule has 1 aromatic rings. The topological polar surface area (TPSA) is 36.9 Å². The van der Waals surface area contributed by atoms with Gasteiger partial charge in [0.1, 0.15) is 24.2 Å². The van der Waals surface area contributed by atoms with Gasteiger partial charge in [-0.1, -0.05) is 129 Å². The second kappa shape index (κ2) is 38.1. The van der Waals surface area contributed by atoms with Crippen molar-refractivity contribution in [2.24, 2.45) is 0 Å². The van der Waals surface area contributed by atoms with Crippen LogP contribution in [0.4, 0.5) is 0 Å². The highest BCUT2D eigenvalue weighted by atomic mass is 16.6. The van der Waals surface area contributed by atoms with Crippen LogP contribution in [0.25, 0.3) is 0 Å². The van der Waals surface area contributed by atoms with Crippen LogP contribution in [-0.4, -0.2) is 39.6 Å². The largest absolute Gasteiger partial charge is 0.497 e. The standard InChI is InChI=1S/C46H78O4/c1-4-6-8-10-12-14-16-18-20-22-24-26-28-30-32-34-40-48-42-46(43-50-45-38-36-44(47-3)37-39-45)49-41-35-33-31-29-27-25-23-21-19-17-15-13-11-9-7-5-2/h36-39,46H,4-17,22-35,40-43H2,1-3H3/t46-/m1/s1. The first kappa shape index (κ1) is 45.9. The lowest BCUT2D eigenvalue weighted by atomic mass is 10.1. The fraction of sp³-hybridized carbons (Fsp3) is 0.783. The lowest BCUT2D eigenvalue weighted by Crippen LogP contribution is -2.28. The monoisotopic (exact) mass is 695 g/mol. The molecule has 0 aliphatic heterocycles. The molecule has 0 aromatic heterocycles. The molecular weight excluding hydrogens is 617 g/mol. The van der Waals surface area contributed by atoms with Crippen LogP contribution in [0.5, 0.6) is 11.5 Å². The predicted molar refractivity (Wildman–Crippen MR) is 215 cm³/mol. The molecule has 0 fully saturated rings. The summed E-state index contributed by atoms with van der Waals surface area (Å²) in [5.41, 5.74) is 0. The lowest BCUT2D eigenvalue weighted by Gasteiger charge is -2.19. The Hall–Kier alpha value is -2.14. The highest BCUT2D eigenvalue weighted by Crippen LogP contribution is 2.18. The van der Waals surface area contributed by atoms with E-state index < -0.39 is 0 Å². The predicted octanol–water partition coefficient (Wildman–Crippen LogP) is 13.4. The zero-order valence-corrected chi connectivity index (χ0v) is 33.1. The fourth-order valence-electron chi connectivity index (χ4n) is 5.96. The zero-order chi connectivity index (χ0) is 35.8. The minimum absolute atomic E-state index is 0.0609. The first-order valence-electron chi connectivity index (χ1n) is 21.2. The van der Waals surface area contributed by atoms with E-state index in [9.17, 15) is 0 Å². The normalized spacial score (nSPS) is 11.4. The van der Waals surface area contributed by atoms with Crippen molar-refractivity contribution in [1.82, 2.24) is 0 Å². The summed E-state index contributed by atoms with van der Waals surface area (Å²) < 4.78 is 23.7. The van der Waals surface area contributed by atoms with Gasteiger partial charge >= 0.3 is 0 Å². The van der Waals surface area contributed by atoms with E-state index in [4.69, 9.17) is 18.9 Å². The van der Waals surface area contributed by atoms with Crippen molar-refractivity contribution in [3.8, 4) is 35.2 Å². The number of unbranched alkanes of at least 4 members (excludes halogenated alkanes) is 24. The van der Waals surface area contributed by atoms with Gasteiger partial charge in [-0.25, -0.2) is 0 Å². The van der Waals surface area contributed by atoms with E-state index in [2.05, 4.69) is 37.5 Å². The lowest BCUT2D eigenvalue weighted by molar-refractivity contribution is -0.0389. The molecule has 50 heavy (non-hydrogen) atoms. The second-order valence-corrected chi connectivity index (χ2v) is 14.0. The number of hydrogen-bond acceptors (Lipinski definition) is 4. The Morgan fingerprint density at radius 1 is 0.440 bits per heavy atom. The van der Waals surface area contributed by atoms with Crippen LogP contribution in [-0.2, 0) is 9.47 Å². The molecule has 0 N–H and O–H groups in total. The Labute approximate surface area is 310 Å². The molecule has 0 spiro atoms. The maximum atomic E-state index is 6.26. The van der Waals surface area contributed by atoms with Gasteiger partial charge in [-0.05, 0) is 62.8 Å². The Balaban J connectivity index is 2.11. The maximum absolute atomic E-state index is 6.26. The van der Waals surface area contributed by atoms with E-state index in [-0.39, 0.29) is 6.10 Å². The SMILES string of the molecule is CCCCCCCCC#CCCCCCCCCOC[C@H](COc1ccc(OC)cc1)OCCCCCCCCC#CCCCCCCCC. The summed E-state index contributed by atoms with van der Waals surface area (Å²) in [4.78, 5) is 0. The summed E-state index contributed by atoms with van der Waals surface area (Å²) in [5, 5.41) is 0. The average Bonchev–Trinajstić information content (AvgIpc) is 3.14. The van der Waals surface area contributed by atoms with Crippen LogP contribution < -0.4 is 9.47 Å². The van der Waals surface area contributed by atoms with Gasteiger partial charge in [-0.15, -0.1) is 23.7 Å². The summed E-state index contributed by atoms with van der Waals surface area (Å²) >= 11 is 0. The minimum Gasteiger partial charge on any atom is -0.497 e. The first-order valence-corrected chi connectivity index (χ1v) is 21.2. The zero-order valence-electron chi connectivity index (χ0n) is 33.1. The van der Waals surface area contributed by atoms with Crippen LogP contribution in [0, 0.1) is 23.7 Å². The van der Waals surface area contributed by atoms with Crippen LogP contribution >= 0.6 is 0 Å². The summed E-state index contributed by atoms with van der Waals surface area (Å²) in [6.07, 6.45) is 35.2. The number of hydrogen-bond donors (Lipinski definition) is 0. The third-order valence-corrected chi connectivity index (χ3v) is 9.25. The molecule has 1 aromatic carbocycles. The molecule has 286 valence electrons. The van der Waals surface area contributed by atoms with Gasteiger partial charge in [0.2, 0.25) is 0 Å². The molecule has 4 heteroatoms. The molecule has 1 atom stereocenters. The fourth-order valence-corrected chi connectivity index (χ4v) is 5.96.